The smallest absolute Gasteiger partial charge is 0.122 e. The molecule has 5 nitrogen and oxygen atoms in total. The number of nitrogens with zero attached hydrogens (tertiary/aromatic N) is 3. The first-order valence-electron chi connectivity index (χ1n) is 10.8. The zero-order valence-electron chi connectivity index (χ0n) is 17.6. The van der Waals surface area contributed by atoms with Crippen molar-refractivity contribution in [2.24, 2.45) is 0 Å². The highest BCUT2D eigenvalue weighted by Crippen LogP contribution is 2.39. The molecule has 154 valence electrons. The van der Waals surface area contributed by atoms with Crippen LogP contribution in [0.3, 0.4) is 0 Å². The predicted molar refractivity (Wildman–Crippen MR) is 120 cm³/mol. The van der Waals surface area contributed by atoms with Gasteiger partial charge in [0.05, 0.1) is 19.2 Å². The molecule has 2 aromatic carbocycles. The number of rotatable bonds is 6. The Morgan fingerprint density at radius 2 is 1.93 bits per heavy atom. The van der Waals surface area contributed by atoms with E-state index in [0.717, 1.165) is 37.6 Å². The summed E-state index contributed by atoms with van der Waals surface area (Å²) in [5.74, 6) is 2.04. The Balaban J connectivity index is 1.58. The number of hydrogen-bond donors (Lipinski definition) is 1. The molecule has 1 unspecified atom stereocenters. The van der Waals surface area contributed by atoms with Crippen molar-refractivity contribution in [1.29, 1.82) is 0 Å². The fourth-order valence-corrected chi connectivity index (χ4v) is 4.71. The largest absolute Gasteiger partial charge is 0.494 e. The lowest BCUT2D eigenvalue weighted by Crippen LogP contribution is -2.36. The minimum atomic E-state index is 0.166. The van der Waals surface area contributed by atoms with Crippen LogP contribution >= 0.6 is 0 Å². The number of para-hydroxylation sites is 1. The Morgan fingerprint density at radius 3 is 2.73 bits per heavy atom. The number of aromatic amines is 1. The molecule has 5 heteroatoms. The number of fused-ring (bicyclic) bond motifs is 3. The summed E-state index contributed by atoms with van der Waals surface area (Å²) in [5.41, 5.74) is 5.25. The Hall–Kier alpha value is -3.05. The van der Waals surface area contributed by atoms with E-state index in [9.17, 15) is 0 Å². The second-order valence-corrected chi connectivity index (χ2v) is 7.82. The summed E-state index contributed by atoms with van der Waals surface area (Å²) < 4.78 is 7.91. The summed E-state index contributed by atoms with van der Waals surface area (Å²) in [6.07, 6.45) is 5.02. The van der Waals surface area contributed by atoms with Crippen LogP contribution in [0.15, 0.2) is 60.9 Å². The first kappa shape index (κ1) is 18.9. The lowest BCUT2D eigenvalue weighted by atomic mass is 9.92. The van der Waals surface area contributed by atoms with E-state index >= 15 is 0 Å². The van der Waals surface area contributed by atoms with Crippen LogP contribution in [0.1, 0.15) is 42.5 Å². The molecule has 5 rings (SSSR count). The van der Waals surface area contributed by atoms with Gasteiger partial charge in [0.1, 0.15) is 11.6 Å². The predicted octanol–water partition coefficient (Wildman–Crippen LogP) is 4.93. The SMILES string of the molecule is CCOc1ccc(C2c3[nH]c4ccccc4c3CCN2Cc2nccn2CC)cc1. The molecule has 30 heavy (non-hydrogen) atoms. The quantitative estimate of drug-likeness (QED) is 0.499. The van der Waals surface area contributed by atoms with Crippen molar-refractivity contribution in [3.63, 3.8) is 0 Å². The minimum absolute atomic E-state index is 0.166. The van der Waals surface area contributed by atoms with Gasteiger partial charge in [-0.15, -0.1) is 0 Å². The summed E-state index contributed by atoms with van der Waals surface area (Å²) in [4.78, 5) is 10.9. The van der Waals surface area contributed by atoms with Crippen LogP contribution in [-0.2, 0) is 19.5 Å². The van der Waals surface area contributed by atoms with Crippen molar-refractivity contribution < 1.29 is 4.74 Å². The van der Waals surface area contributed by atoms with E-state index in [1.165, 1.54) is 27.7 Å². The van der Waals surface area contributed by atoms with E-state index in [2.05, 4.69) is 81.1 Å². The molecule has 0 saturated carbocycles. The number of ether oxygens (including phenoxy) is 1. The van der Waals surface area contributed by atoms with Crippen LogP contribution in [0, 0.1) is 0 Å². The maximum absolute atomic E-state index is 5.67. The van der Waals surface area contributed by atoms with Crippen LogP contribution in [0.2, 0.25) is 0 Å². The first-order chi connectivity index (χ1) is 14.8. The Bertz CT molecular complexity index is 1140. The molecule has 0 fully saturated rings. The minimum Gasteiger partial charge on any atom is -0.494 e. The third kappa shape index (κ3) is 3.29. The van der Waals surface area contributed by atoms with Crippen molar-refractivity contribution in [1.82, 2.24) is 19.4 Å². The van der Waals surface area contributed by atoms with Crippen molar-refractivity contribution in [3.05, 3.63) is 83.6 Å². The molecule has 1 atom stereocenters. The van der Waals surface area contributed by atoms with Crippen molar-refractivity contribution in [2.45, 2.75) is 39.4 Å². The van der Waals surface area contributed by atoms with E-state index in [1.807, 2.05) is 13.1 Å². The van der Waals surface area contributed by atoms with Crippen LogP contribution in [0.5, 0.6) is 5.75 Å². The van der Waals surface area contributed by atoms with Gasteiger partial charge in [-0.05, 0) is 49.6 Å². The molecule has 0 aliphatic carbocycles. The normalized spacial score (nSPS) is 16.7. The van der Waals surface area contributed by atoms with Crippen molar-refractivity contribution in [2.75, 3.05) is 13.2 Å². The summed E-state index contributed by atoms with van der Waals surface area (Å²) in [6.45, 7) is 7.64. The third-order valence-electron chi connectivity index (χ3n) is 6.13. The maximum Gasteiger partial charge on any atom is 0.122 e. The van der Waals surface area contributed by atoms with Gasteiger partial charge < -0.3 is 14.3 Å². The van der Waals surface area contributed by atoms with Gasteiger partial charge >= 0.3 is 0 Å². The number of nitrogens with one attached hydrogen (secondary N) is 1. The molecule has 2 aromatic heterocycles. The number of H-pyrrole nitrogens is 1. The van der Waals surface area contributed by atoms with Crippen LogP contribution in [-0.4, -0.2) is 32.6 Å². The topological polar surface area (TPSA) is 46.1 Å². The Kier molecular flexibility index (Phi) is 5.05. The van der Waals surface area contributed by atoms with Gasteiger partial charge in [-0.2, -0.15) is 0 Å². The van der Waals surface area contributed by atoms with E-state index in [0.29, 0.717) is 6.61 Å². The summed E-state index contributed by atoms with van der Waals surface area (Å²) in [6, 6.07) is 17.4. The van der Waals surface area contributed by atoms with E-state index in [4.69, 9.17) is 4.74 Å². The van der Waals surface area contributed by atoms with Gasteiger partial charge in [0, 0.05) is 42.1 Å². The highest BCUT2D eigenvalue weighted by Gasteiger charge is 2.32. The molecule has 0 saturated heterocycles. The number of hydrogen-bond acceptors (Lipinski definition) is 3. The summed E-state index contributed by atoms with van der Waals surface area (Å²) in [5, 5.41) is 1.35. The molecule has 3 heterocycles. The van der Waals surface area contributed by atoms with Gasteiger partial charge in [-0.25, -0.2) is 4.98 Å². The molecule has 0 spiro atoms. The van der Waals surface area contributed by atoms with Crippen molar-refractivity contribution in [3.8, 4) is 5.75 Å². The Labute approximate surface area is 177 Å². The van der Waals surface area contributed by atoms with Crippen LogP contribution in [0.4, 0.5) is 0 Å². The highest BCUT2D eigenvalue weighted by atomic mass is 16.5. The maximum atomic E-state index is 5.67. The fourth-order valence-electron chi connectivity index (χ4n) is 4.71. The standard InChI is InChI=1S/C25H28N4O/c1-3-28-16-14-26-23(28)17-29-15-13-21-20-7-5-6-8-22(20)27-24(21)25(29)18-9-11-19(12-10-18)30-4-2/h5-12,14,16,25,27H,3-4,13,15,17H2,1-2H3. The van der Waals surface area contributed by atoms with Gasteiger partial charge in [0.15, 0.2) is 0 Å². The monoisotopic (exact) mass is 400 g/mol. The second-order valence-electron chi connectivity index (χ2n) is 7.82. The zero-order chi connectivity index (χ0) is 20.5. The number of benzene rings is 2. The average Bonchev–Trinajstić information content (AvgIpc) is 3.38. The Morgan fingerprint density at radius 1 is 1.10 bits per heavy atom. The molecule has 4 aromatic rings. The van der Waals surface area contributed by atoms with Crippen LogP contribution in [0.25, 0.3) is 10.9 Å². The molecule has 0 amide bonds. The number of aromatic nitrogens is 3. The molecular weight excluding hydrogens is 372 g/mol. The molecule has 1 N–H and O–H groups in total. The number of imidazole rings is 1. The molecule has 0 bridgehead atoms. The summed E-state index contributed by atoms with van der Waals surface area (Å²) >= 11 is 0. The van der Waals surface area contributed by atoms with Gasteiger partial charge in [0.25, 0.3) is 0 Å². The average molecular weight is 401 g/mol. The molecule has 1 aliphatic rings. The van der Waals surface area contributed by atoms with Crippen LogP contribution < -0.4 is 4.74 Å². The van der Waals surface area contributed by atoms with Crippen molar-refractivity contribution >= 4 is 10.9 Å². The molecule has 1 aliphatic heterocycles. The summed E-state index contributed by atoms with van der Waals surface area (Å²) in [7, 11) is 0. The lowest BCUT2D eigenvalue weighted by Gasteiger charge is -2.36. The first-order valence-corrected chi connectivity index (χ1v) is 10.8. The van der Waals surface area contributed by atoms with Gasteiger partial charge in [0.2, 0.25) is 0 Å². The van der Waals surface area contributed by atoms with E-state index in [1.54, 1.807) is 0 Å². The second kappa shape index (κ2) is 8.00. The number of aryl methyl sites for hydroxylation is 1. The van der Waals surface area contributed by atoms with E-state index < -0.39 is 0 Å². The fraction of sp³-hybridized carbons (Fsp3) is 0.320. The molecule has 0 radical (unpaired) electrons. The van der Waals surface area contributed by atoms with Gasteiger partial charge in [-0.3, -0.25) is 4.90 Å². The highest BCUT2D eigenvalue weighted by molar-refractivity contribution is 5.85. The molecular formula is C25H28N4O. The van der Waals surface area contributed by atoms with E-state index in [-0.39, 0.29) is 6.04 Å². The van der Waals surface area contributed by atoms with Gasteiger partial charge in [-0.1, -0.05) is 30.3 Å². The third-order valence-corrected chi connectivity index (χ3v) is 6.13. The lowest BCUT2D eigenvalue weighted by molar-refractivity contribution is 0.194. The zero-order valence-corrected chi connectivity index (χ0v) is 17.6.